The highest BCUT2D eigenvalue weighted by Crippen LogP contribution is 2.39. The maximum atomic E-state index is 12.3. The molecule has 0 N–H and O–H groups in total. The van der Waals surface area contributed by atoms with Gasteiger partial charge < -0.3 is 9.80 Å². The molecule has 3 rings (SSSR count). The van der Waals surface area contributed by atoms with Gasteiger partial charge in [0.25, 0.3) is 0 Å². The standard InChI is InChI=1S/C17H26N4O/c1-11(2)16-18-13(4)10-15(19-16)20-5-7-21(8-6-20)17(22)14-9-12(14)3/h10-12,14H,5-9H2,1-4H3/t12-,14+/m1/s1. The fourth-order valence-electron chi connectivity index (χ4n) is 3.05. The highest BCUT2D eigenvalue weighted by molar-refractivity contribution is 5.81. The van der Waals surface area contributed by atoms with Crippen LogP contribution < -0.4 is 4.90 Å². The first-order valence-corrected chi connectivity index (χ1v) is 8.35. The summed E-state index contributed by atoms with van der Waals surface area (Å²) < 4.78 is 0. The molecule has 0 spiro atoms. The Balaban J connectivity index is 1.65. The van der Waals surface area contributed by atoms with Gasteiger partial charge in [0.15, 0.2) is 0 Å². The van der Waals surface area contributed by atoms with Crippen molar-refractivity contribution < 1.29 is 4.79 Å². The van der Waals surface area contributed by atoms with E-state index in [9.17, 15) is 4.79 Å². The lowest BCUT2D eigenvalue weighted by atomic mass is 10.2. The van der Waals surface area contributed by atoms with Gasteiger partial charge in [0.05, 0.1) is 0 Å². The number of aryl methyl sites for hydroxylation is 1. The van der Waals surface area contributed by atoms with Gasteiger partial charge in [-0.2, -0.15) is 0 Å². The Hall–Kier alpha value is -1.65. The summed E-state index contributed by atoms with van der Waals surface area (Å²) >= 11 is 0. The summed E-state index contributed by atoms with van der Waals surface area (Å²) in [5.74, 6) is 3.47. The van der Waals surface area contributed by atoms with Crippen molar-refractivity contribution in [2.24, 2.45) is 11.8 Å². The average Bonchev–Trinajstić information content (AvgIpc) is 3.23. The Kier molecular flexibility index (Phi) is 4.06. The maximum Gasteiger partial charge on any atom is 0.226 e. The van der Waals surface area contributed by atoms with Crippen LogP contribution in [-0.2, 0) is 4.79 Å². The van der Waals surface area contributed by atoms with Gasteiger partial charge in [-0.3, -0.25) is 4.79 Å². The zero-order valence-electron chi connectivity index (χ0n) is 14.0. The van der Waals surface area contributed by atoms with Gasteiger partial charge in [-0.1, -0.05) is 20.8 Å². The van der Waals surface area contributed by atoms with Crippen LogP contribution in [0.4, 0.5) is 5.82 Å². The van der Waals surface area contributed by atoms with Gasteiger partial charge in [0.1, 0.15) is 11.6 Å². The molecule has 120 valence electrons. The van der Waals surface area contributed by atoms with Crippen molar-refractivity contribution in [2.75, 3.05) is 31.1 Å². The van der Waals surface area contributed by atoms with Gasteiger partial charge in [-0.15, -0.1) is 0 Å². The number of anilines is 1. The molecular weight excluding hydrogens is 276 g/mol. The number of rotatable bonds is 3. The molecule has 0 bridgehead atoms. The van der Waals surface area contributed by atoms with Crippen molar-refractivity contribution in [2.45, 2.75) is 40.0 Å². The van der Waals surface area contributed by atoms with Crippen LogP contribution in [0, 0.1) is 18.8 Å². The molecule has 2 heterocycles. The average molecular weight is 302 g/mol. The molecule has 1 amide bonds. The molecule has 2 aliphatic rings. The van der Waals surface area contributed by atoms with Crippen molar-refractivity contribution in [1.29, 1.82) is 0 Å². The second-order valence-corrected chi connectivity index (χ2v) is 7.01. The number of carbonyl (C=O) groups excluding carboxylic acids is 1. The molecule has 5 nitrogen and oxygen atoms in total. The van der Waals surface area contributed by atoms with Crippen molar-refractivity contribution in [3.8, 4) is 0 Å². The van der Waals surface area contributed by atoms with Crippen LogP contribution >= 0.6 is 0 Å². The predicted molar refractivity (Wildman–Crippen MR) is 86.9 cm³/mol. The van der Waals surface area contributed by atoms with Crippen LogP contribution in [0.2, 0.25) is 0 Å². The van der Waals surface area contributed by atoms with E-state index in [0.29, 0.717) is 23.7 Å². The minimum atomic E-state index is 0.292. The van der Waals surface area contributed by atoms with E-state index in [-0.39, 0.29) is 0 Å². The summed E-state index contributed by atoms with van der Waals surface area (Å²) in [5.41, 5.74) is 1.01. The van der Waals surface area contributed by atoms with Gasteiger partial charge in [-0.25, -0.2) is 9.97 Å². The first kappa shape index (κ1) is 15.3. The minimum Gasteiger partial charge on any atom is -0.353 e. The lowest BCUT2D eigenvalue weighted by molar-refractivity contribution is -0.133. The first-order valence-electron chi connectivity index (χ1n) is 8.35. The van der Waals surface area contributed by atoms with Gasteiger partial charge >= 0.3 is 0 Å². The van der Waals surface area contributed by atoms with Crippen molar-refractivity contribution in [1.82, 2.24) is 14.9 Å². The Morgan fingerprint density at radius 3 is 2.41 bits per heavy atom. The Bertz CT molecular complexity index is 564. The van der Waals surface area contributed by atoms with Crippen LogP contribution in [0.25, 0.3) is 0 Å². The van der Waals surface area contributed by atoms with E-state index in [1.807, 2.05) is 17.9 Å². The summed E-state index contributed by atoms with van der Waals surface area (Å²) in [4.78, 5) is 25.8. The van der Waals surface area contributed by atoms with Crippen LogP contribution in [0.3, 0.4) is 0 Å². The van der Waals surface area contributed by atoms with Crippen molar-refractivity contribution in [3.63, 3.8) is 0 Å². The smallest absolute Gasteiger partial charge is 0.226 e. The number of aromatic nitrogens is 2. The SMILES string of the molecule is Cc1cc(N2CCN(C(=O)[C@H]3C[C@H]3C)CC2)nc(C(C)C)n1. The lowest BCUT2D eigenvalue weighted by Gasteiger charge is -2.35. The number of hydrogen-bond acceptors (Lipinski definition) is 4. The summed E-state index contributed by atoms with van der Waals surface area (Å²) in [6, 6.07) is 2.05. The second kappa shape index (κ2) is 5.86. The van der Waals surface area contributed by atoms with Crippen molar-refractivity contribution in [3.05, 3.63) is 17.6 Å². The molecule has 1 aromatic rings. The summed E-state index contributed by atoms with van der Waals surface area (Å²) in [5, 5.41) is 0. The quantitative estimate of drug-likeness (QED) is 0.859. The van der Waals surface area contributed by atoms with E-state index >= 15 is 0 Å². The highest BCUT2D eigenvalue weighted by Gasteiger charge is 2.42. The lowest BCUT2D eigenvalue weighted by Crippen LogP contribution is -2.49. The van der Waals surface area contributed by atoms with Crippen LogP contribution in [0.5, 0.6) is 0 Å². The zero-order valence-corrected chi connectivity index (χ0v) is 14.0. The molecule has 0 aromatic carbocycles. The highest BCUT2D eigenvalue weighted by atomic mass is 16.2. The Morgan fingerprint density at radius 2 is 1.86 bits per heavy atom. The molecule has 0 unspecified atom stereocenters. The van der Waals surface area contributed by atoms with Crippen LogP contribution in [0.15, 0.2) is 6.07 Å². The van der Waals surface area contributed by atoms with E-state index in [1.165, 1.54) is 0 Å². The summed E-state index contributed by atoms with van der Waals surface area (Å²) in [6.45, 7) is 11.8. The molecule has 1 aliphatic heterocycles. The molecular formula is C17H26N4O. The zero-order chi connectivity index (χ0) is 15.9. The topological polar surface area (TPSA) is 49.3 Å². The Labute approximate surface area is 132 Å². The molecule has 1 saturated carbocycles. The van der Waals surface area contributed by atoms with Gasteiger partial charge in [0.2, 0.25) is 5.91 Å². The summed E-state index contributed by atoms with van der Waals surface area (Å²) in [7, 11) is 0. The van der Waals surface area contributed by atoms with Crippen LogP contribution in [-0.4, -0.2) is 47.0 Å². The number of piperazine rings is 1. The normalized spacial score (nSPS) is 24.8. The number of amides is 1. The van der Waals surface area contributed by atoms with Gasteiger partial charge in [0, 0.05) is 49.8 Å². The van der Waals surface area contributed by atoms with E-state index in [4.69, 9.17) is 4.98 Å². The molecule has 2 fully saturated rings. The number of nitrogens with zero attached hydrogens (tertiary/aromatic N) is 4. The van der Waals surface area contributed by atoms with Crippen molar-refractivity contribution >= 4 is 11.7 Å². The number of hydrogen-bond donors (Lipinski definition) is 0. The third-order valence-corrected chi connectivity index (χ3v) is 4.72. The molecule has 5 heteroatoms. The predicted octanol–water partition coefficient (Wildman–Crippen LogP) is 2.21. The fraction of sp³-hybridized carbons (Fsp3) is 0.706. The molecule has 1 aliphatic carbocycles. The third-order valence-electron chi connectivity index (χ3n) is 4.72. The second-order valence-electron chi connectivity index (χ2n) is 7.01. The van der Waals surface area contributed by atoms with E-state index in [2.05, 4.69) is 30.7 Å². The monoisotopic (exact) mass is 302 g/mol. The van der Waals surface area contributed by atoms with Gasteiger partial charge in [-0.05, 0) is 19.3 Å². The number of carbonyl (C=O) groups is 1. The van der Waals surface area contributed by atoms with E-state index in [0.717, 1.165) is 49.9 Å². The fourth-order valence-corrected chi connectivity index (χ4v) is 3.05. The molecule has 0 radical (unpaired) electrons. The molecule has 1 aromatic heterocycles. The molecule has 2 atom stereocenters. The first-order chi connectivity index (χ1) is 10.5. The van der Waals surface area contributed by atoms with E-state index in [1.54, 1.807) is 0 Å². The van der Waals surface area contributed by atoms with Crippen LogP contribution in [0.1, 0.15) is 44.6 Å². The molecule has 22 heavy (non-hydrogen) atoms. The summed E-state index contributed by atoms with van der Waals surface area (Å²) in [6.07, 6.45) is 1.07. The maximum absolute atomic E-state index is 12.3. The third kappa shape index (κ3) is 3.08. The largest absolute Gasteiger partial charge is 0.353 e. The molecule has 1 saturated heterocycles. The minimum absolute atomic E-state index is 0.292. The Morgan fingerprint density at radius 1 is 1.23 bits per heavy atom. The van der Waals surface area contributed by atoms with E-state index < -0.39 is 0 Å².